The minimum Gasteiger partial charge on any atom is -0.488 e. The number of hydrogen-bond acceptors (Lipinski definition) is 4. The summed E-state index contributed by atoms with van der Waals surface area (Å²) in [5.74, 6) is 0.344. The highest BCUT2D eigenvalue weighted by atomic mass is 16.6. The summed E-state index contributed by atoms with van der Waals surface area (Å²) >= 11 is 0. The molecule has 0 atom stereocenters. The van der Waals surface area contributed by atoms with E-state index in [1.807, 2.05) is 32.0 Å². The van der Waals surface area contributed by atoms with Crippen LogP contribution in [0.5, 0.6) is 5.75 Å². The number of hydrogen-bond donors (Lipinski definition) is 0. The molecular formula is C16H15NO4. The van der Waals surface area contributed by atoms with Crippen molar-refractivity contribution < 1.29 is 14.5 Å². The highest BCUT2D eigenvalue weighted by Crippen LogP contribution is 2.24. The van der Waals surface area contributed by atoms with Gasteiger partial charge in [-0.15, -0.1) is 0 Å². The van der Waals surface area contributed by atoms with Crippen molar-refractivity contribution in [3.63, 3.8) is 0 Å². The number of ether oxygens (including phenoxy) is 1. The van der Waals surface area contributed by atoms with Gasteiger partial charge in [0.2, 0.25) is 0 Å². The lowest BCUT2D eigenvalue weighted by Gasteiger charge is -2.11. The molecule has 2 aromatic rings. The van der Waals surface area contributed by atoms with Crippen molar-refractivity contribution in [2.24, 2.45) is 0 Å². The van der Waals surface area contributed by atoms with Crippen LogP contribution in [0.25, 0.3) is 0 Å². The van der Waals surface area contributed by atoms with Crippen molar-refractivity contribution >= 4 is 12.0 Å². The van der Waals surface area contributed by atoms with E-state index < -0.39 is 4.92 Å². The molecule has 2 rings (SSSR count). The minimum absolute atomic E-state index is 0.129. The lowest BCUT2D eigenvalue weighted by molar-refractivity contribution is -0.384. The smallest absolute Gasteiger partial charge is 0.270 e. The molecule has 0 amide bonds. The van der Waals surface area contributed by atoms with Gasteiger partial charge in [-0.1, -0.05) is 23.8 Å². The van der Waals surface area contributed by atoms with Gasteiger partial charge in [0.15, 0.2) is 6.29 Å². The van der Waals surface area contributed by atoms with E-state index in [1.165, 1.54) is 18.2 Å². The molecule has 108 valence electrons. The maximum Gasteiger partial charge on any atom is 0.270 e. The zero-order valence-electron chi connectivity index (χ0n) is 11.8. The number of aldehydes is 1. The summed E-state index contributed by atoms with van der Waals surface area (Å²) in [6, 6.07) is 10.0. The molecule has 0 aliphatic heterocycles. The number of aryl methyl sites for hydroxylation is 2. The van der Waals surface area contributed by atoms with Crippen LogP contribution in [0.1, 0.15) is 27.0 Å². The first kappa shape index (κ1) is 14.7. The Morgan fingerprint density at radius 2 is 1.95 bits per heavy atom. The second-order valence-corrected chi connectivity index (χ2v) is 4.82. The molecule has 5 nitrogen and oxygen atoms in total. The monoisotopic (exact) mass is 285 g/mol. The molecule has 5 heteroatoms. The number of non-ortho nitro benzene ring substituents is 1. The van der Waals surface area contributed by atoms with E-state index in [4.69, 9.17) is 4.74 Å². The largest absolute Gasteiger partial charge is 0.488 e. The SMILES string of the molecule is Cc1ccc(C)c(COc2ccc([N+](=O)[O-])cc2C=O)c1. The average Bonchev–Trinajstić information content (AvgIpc) is 2.47. The van der Waals surface area contributed by atoms with Crippen LogP contribution in [0, 0.1) is 24.0 Å². The second kappa shape index (κ2) is 6.17. The summed E-state index contributed by atoms with van der Waals surface area (Å²) in [4.78, 5) is 21.2. The molecule has 0 heterocycles. The van der Waals surface area contributed by atoms with Crippen LogP contribution in [0.2, 0.25) is 0 Å². The average molecular weight is 285 g/mol. The zero-order chi connectivity index (χ0) is 15.4. The van der Waals surface area contributed by atoms with E-state index in [9.17, 15) is 14.9 Å². The highest BCUT2D eigenvalue weighted by Gasteiger charge is 2.11. The lowest BCUT2D eigenvalue weighted by atomic mass is 10.1. The van der Waals surface area contributed by atoms with Crippen LogP contribution in [0.4, 0.5) is 5.69 Å². The number of nitro groups is 1. The molecular weight excluding hydrogens is 270 g/mol. The first-order valence-electron chi connectivity index (χ1n) is 6.44. The van der Waals surface area contributed by atoms with Gasteiger partial charge in [0.1, 0.15) is 12.4 Å². The van der Waals surface area contributed by atoms with Gasteiger partial charge in [0, 0.05) is 12.1 Å². The van der Waals surface area contributed by atoms with Crippen LogP contribution in [-0.2, 0) is 6.61 Å². The summed E-state index contributed by atoms with van der Waals surface area (Å²) < 4.78 is 5.63. The Hall–Kier alpha value is -2.69. The number of rotatable bonds is 5. The molecule has 0 aliphatic rings. The third-order valence-electron chi connectivity index (χ3n) is 3.22. The van der Waals surface area contributed by atoms with Gasteiger partial charge in [0.05, 0.1) is 10.5 Å². The molecule has 0 spiro atoms. The number of nitro benzene ring substituents is 1. The summed E-state index contributed by atoms with van der Waals surface area (Å²) in [5.41, 5.74) is 3.28. The van der Waals surface area contributed by atoms with E-state index in [2.05, 4.69) is 0 Å². The summed E-state index contributed by atoms with van der Waals surface area (Å²) in [7, 11) is 0. The molecule has 0 saturated heterocycles. The maximum absolute atomic E-state index is 11.0. The Kier molecular flexibility index (Phi) is 4.33. The number of carbonyl (C=O) groups excluding carboxylic acids is 1. The van der Waals surface area contributed by atoms with Crippen LogP contribution < -0.4 is 4.74 Å². The Morgan fingerprint density at radius 1 is 1.19 bits per heavy atom. The third kappa shape index (κ3) is 3.45. The Labute approximate surface area is 122 Å². The number of nitrogens with zero attached hydrogens (tertiary/aromatic N) is 1. The van der Waals surface area contributed by atoms with E-state index in [-0.39, 0.29) is 11.3 Å². The number of benzene rings is 2. The van der Waals surface area contributed by atoms with Gasteiger partial charge >= 0.3 is 0 Å². The summed E-state index contributed by atoms with van der Waals surface area (Å²) in [5, 5.41) is 10.7. The second-order valence-electron chi connectivity index (χ2n) is 4.82. The van der Waals surface area contributed by atoms with Crippen molar-refractivity contribution in [3.05, 3.63) is 68.8 Å². The van der Waals surface area contributed by atoms with Crippen molar-refractivity contribution in [1.29, 1.82) is 0 Å². The Balaban J connectivity index is 2.21. The maximum atomic E-state index is 11.0. The normalized spacial score (nSPS) is 10.2. The van der Waals surface area contributed by atoms with Gasteiger partial charge in [0.25, 0.3) is 5.69 Å². The third-order valence-corrected chi connectivity index (χ3v) is 3.22. The van der Waals surface area contributed by atoms with E-state index in [1.54, 1.807) is 0 Å². The molecule has 0 unspecified atom stereocenters. The first-order valence-corrected chi connectivity index (χ1v) is 6.44. The molecule has 0 saturated carbocycles. The van der Waals surface area contributed by atoms with Crippen LogP contribution >= 0.6 is 0 Å². The van der Waals surface area contributed by atoms with E-state index in [0.717, 1.165) is 16.7 Å². The van der Waals surface area contributed by atoms with Gasteiger partial charge in [-0.05, 0) is 31.0 Å². The van der Waals surface area contributed by atoms with Gasteiger partial charge < -0.3 is 4.74 Å². The van der Waals surface area contributed by atoms with E-state index >= 15 is 0 Å². The Morgan fingerprint density at radius 3 is 2.62 bits per heavy atom. The quantitative estimate of drug-likeness (QED) is 0.478. The van der Waals surface area contributed by atoms with E-state index in [0.29, 0.717) is 18.6 Å². The predicted molar refractivity (Wildman–Crippen MR) is 78.7 cm³/mol. The standard InChI is InChI=1S/C16H15NO4/c1-11-3-4-12(2)14(7-11)10-21-16-6-5-15(17(19)20)8-13(16)9-18/h3-9H,10H2,1-2H3. The molecule has 0 aromatic heterocycles. The molecule has 0 radical (unpaired) electrons. The fourth-order valence-electron chi connectivity index (χ4n) is 1.98. The topological polar surface area (TPSA) is 69.4 Å². The van der Waals surface area contributed by atoms with Crippen molar-refractivity contribution in [3.8, 4) is 5.75 Å². The molecule has 0 aliphatic carbocycles. The van der Waals surface area contributed by atoms with Crippen LogP contribution in [0.3, 0.4) is 0 Å². The molecule has 2 aromatic carbocycles. The van der Waals surface area contributed by atoms with Gasteiger partial charge in [-0.2, -0.15) is 0 Å². The van der Waals surface area contributed by atoms with Crippen LogP contribution in [-0.4, -0.2) is 11.2 Å². The Bertz CT molecular complexity index is 695. The molecule has 0 bridgehead atoms. The van der Waals surface area contributed by atoms with Gasteiger partial charge in [-0.3, -0.25) is 14.9 Å². The van der Waals surface area contributed by atoms with Crippen molar-refractivity contribution in [2.75, 3.05) is 0 Å². The highest BCUT2D eigenvalue weighted by molar-refractivity contribution is 5.80. The fraction of sp³-hybridized carbons (Fsp3) is 0.188. The summed E-state index contributed by atoms with van der Waals surface area (Å²) in [6.07, 6.45) is 0.561. The van der Waals surface area contributed by atoms with Crippen molar-refractivity contribution in [2.45, 2.75) is 20.5 Å². The number of carbonyl (C=O) groups is 1. The zero-order valence-corrected chi connectivity index (χ0v) is 11.8. The predicted octanol–water partition coefficient (Wildman–Crippen LogP) is 3.60. The van der Waals surface area contributed by atoms with Crippen molar-refractivity contribution in [1.82, 2.24) is 0 Å². The molecule has 21 heavy (non-hydrogen) atoms. The molecule has 0 fully saturated rings. The molecule has 0 N–H and O–H groups in total. The van der Waals surface area contributed by atoms with Gasteiger partial charge in [-0.25, -0.2) is 0 Å². The van der Waals surface area contributed by atoms with Crippen LogP contribution in [0.15, 0.2) is 36.4 Å². The minimum atomic E-state index is -0.540. The fourth-order valence-corrected chi connectivity index (χ4v) is 1.98. The lowest BCUT2D eigenvalue weighted by Crippen LogP contribution is -2.01. The summed E-state index contributed by atoms with van der Waals surface area (Å²) in [6.45, 7) is 4.28. The first-order chi connectivity index (χ1) is 10.0.